The van der Waals surface area contributed by atoms with Crippen molar-refractivity contribution in [2.45, 2.75) is 4.90 Å². The van der Waals surface area contributed by atoms with E-state index in [4.69, 9.17) is 0 Å². The molecule has 20 heavy (non-hydrogen) atoms. The minimum Gasteiger partial charge on any atom is -0.321 e. The molecule has 104 valence electrons. The molecule has 0 aliphatic heterocycles. The highest BCUT2D eigenvalue weighted by Gasteiger charge is 2.10. The number of rotatable bonds is 3. The van der Waals surface area contributed by atoms with E-state index in [1.807, 2.05) is 0 Å². The van der Waals surface area contributed by atoms with Gasteiger partial charge in [0.25, 0.3) is 5.91 Å². The summed E-state index contributed by atoms with van der Waals surface area (Å²) in [5, 5.41) is 2.50. The Morgan fingerprint density at radius 2 is 1.80 bits per heavy atom. The van der Waals surface area contributed by atoms with Gasteiger partial charge in [0.05, 0.1) is 4.90 Å². The molecule has 2 aromatic rings. The van der Waals surface area contributed by atoms with Gasteiger partial charge in [0.15, 0.2) is 9.84 Å². The van der Waals surface area contributed by atoms with Crippen molar-refractivity contribution in [3.63, 3.8) is 0 Å². The average molecular weight is 294 g/mol. The summed E-state index contributed by atoms with van der Waals surface area (Å²) in [4.78, 5) is 15.4. The number of amides is 1. The van der Waals surface area contributed by atoms with Crippen LogP contribution in [0, 0.1) is 5.95 Å². The molecule has 1 heterocycles. The Labute approximate surface area is 115 Å². The lowest BCUT2D eigenvalue weighted by Crippen LogP contribution is -2.14. The average Bonchev–Trinajstić information content (AvgIpc) is 2.38. The molecule has 0 radical (unpaired) electrons. The highest BCUT2D eigenvalue weighted by atomic mass is 32.2. The van der Waals surface area contributed by atoms with Crippen molar-refractivity contribution in [3.8, 4) is 0 Å². The first kappa shape index (κ1) is 14.1. The summed E-state index contributed by atoms with van der Waals surface area (Å²) in [6, 6.07) is 9.56. The van der Waals surface area contributed by atoms with E-state index in [1.165, 1.54) is 36.4 Å². The number of nitrogens with zero attached hydrogens (tertiary/aromatic N) is 1. The van der Waals surface area contributed by atoms with E-state index >= 15 is 0 Å². The van der Waals surface area contributed by atoms with Crippen molar-refractivity contribution >= 4 is 21.4 Å². The second-order valence-corrected chi connectivity index (χ2v) is 6.11. The number of nitrogens with one attached hydrogen (secondary N) is 1. The summed E-state index contributed by atoms with van der Waals surface area (Å²) >= 11 is 0. The van der Waals surface area contributed by atoms with Gasteiger partial charge in [-0.25, -0.2) is 13.4 Å². The fourth-order valence-electron chi connectivity index (χ4n) is 1.52. The van der Waals surface area contributed by atoms with Crippen molar-refractivity contribution in [1.82, 2.24) is 4.98 Å². The van der Waals surface area contributed by atoms with Crippen molar-refractivity contribution in [2.24, 2.45) is 0 Å². The van der Waals surface area contributed by atoms with E-state index in [2.05, 4.69) is 10.3 Å². The Morgan fingerprint density at radius 1 is 1.15 bits per heavy atom. The number of carbonyl (C=O) groups excluding carboxylic acids is 1. The van der Waals surface area contributed by atoms with Gasteiger partial charge in [0.2, 0.25) is 5.95 Å². The van der Waals surface area contributed by atoms with Gasteiger partial charge in [0, 0.05) is 11.9 Å². The van der Waals surface area contributed by atoms with Crippen molar-refractivity contribution in [3.05, 3.63) is 54.1 Å². The van der Waals surface area contributed by atoms with Crippen LogP contribution in [-0.2, 0) is 9.84 Å². The topological polar surface area (TPSA) is 76.1 Å². The SMILES string of the molecule is CS(=O)(=O)c1ccc(NC(=O)c2cccc(F)n2)cc1. The third-order valence-corrected chi connectivity index (χ3v) is 3.62. The monoisotopic (exact) mass is 294 g/mol. The van der Waals surface area contributed by atoms with Gasteiger partial charge in [-0.3, -0.25) is 4.79 Å². The Balaban J connectivity index is 2.16. The number of halogens is 1. The summed E-state index contributed by atoms with van der Waals surface area (Å²) in [6.45, 7) is 0. The maximum absolute atomic E-state index is 12.9. The van der Waals surface area contributed by atoms with E-state index in [1.54, 1.807) is 0 Å². The lowest BCUT2D eigenvalue weighted by Gasteiger charge is -2.05. The molecule has 0 saturated carbocycles. The summed E-state index contributed by atoms with van der Waals surface area (Å²) in [6.07, 6.45) is 1.09. The van der Waals surface area contributed by atoms with Crippen LogP contribution < -0.4 is 5.32 Å². The first-order valence-electron chi connectivity index (χ1n) is 5.60. The molecule has 0 fully saturated rings. The number of carbonyl (C=O) groups is 1. The van der Waals surface area contributed by atoms with Gasteiger partial charge >= 0.3 is 0 Å². The molecule has 2 rings (SSSR count). The van der Waals surface area contributed by atoms with Crippen LogP contribution in [-0.4, -0.2) is 25.6 Å². The molecule has 1 amide bonds. The first-order chi connectivity index (χ1) is 9.36. The molecule has 7 heteroatoms. The standard InChI is InChI=1S/C13H11FN2O3S/c1-20(18,19)10-7-5-9(6-8-10)15-13(17)11-3-2-4-12(14)16-11/h2-8H,1H3,(H,15,17). The molecule has 1 N–H and O–H groups in total. The summed E-state index contributed by atoms with van der Waals surface area (Å²) in [5.41, 5.74) is 0.339. The Morgan fingerprint density at radius 3 is 2.35 bits per heavy atom. The zero-order chi connectivity index (χ0) is 14.8. The Kier molecular flexibility index (Phi) is 3.80. The number of aromatic nitrogens is 1. The quantitative estimate of drug-likeness (QED) is 0.877. The van der Waals surface area contributed by atoms with Crippen LogP contribution in [0.1, 0.15) is 10.5 Å². The number of anilines is 1. The van der Waals surface area contributed by atoms with E-state index < -0.39 is 21.7 Å². The number of sulfone groups is 1. The van der Waals surface area contributed by atoms with Gasteiger partial charge in [-0.05, 0) is 36.4 Å². The highest BCUT2D eigenvalue weighted by molar-refractivity contribution is 7.90. The fraction of sp³-hybridized carbons (Fsp3) is 0.0769. The van der Waals surface area contributed by atoms with E-state index in [9.17, 15) is 17.6 Å². The van der Waals surface area contributed by atoms with Gasteiger partial charge < -0.3 is 5.32 Å². The molecular formula is C13H11FN2O3S. The maximum atomic E-state index is 12.9. The second-order valence-electron chi connectivity index (χ2n) is 4.10. The second kappa shape index (κ2) is 5.38. The maximum Gasteiger partial charge on any atom is 0.274 e. The van der Waals surface area contributed by atoms with Crippen molar-refractivity contribution in [2.75, 3.05) is 11.6 Å². The minimum atomic E-state index is -3.28. The van der Waals surface area contributed by atoms with Crippen LogP contribution in [0.15, 0.2) is 47.4 Å². The van der Waals surface area contributed by atoms with Gasteiger partial charge in [-0.15, -0.1) is 0 Å². The van der Waals surface area contributed by atoms with Gasteiger partial charge in [0.1, 0.15) is 5.69 Å². The largest absolute Gasteiger partial charge is 0.321 e. The highest BCUT2D eigenvalue weighted by Crippen LogP contribution is 2.14. The Hall–Kier alpha value is -2.28. The van der Waals surface area contributed by atoms with E-state index in [0.29, 0.717) is 5.69 Å². The molecule has 1 aromatic carbocycles. The summed E-state index contributed by atoms with van der Waals surface area (Å²) in [5.74, 6) is -1.32. The molecule has 0 atom stereocenters. The van der Waals surface area contributed by atoms with Crippen molar-refractivity contribution < 1.29 is 17.6 Å². The minimum absolute atomic E-state index is 0.0582. The predicted molar refractivity (Wildman–Crippen MR) is 71.7 cm³/mol. The molecule has 0 saturated heterocycles. The van der Waals surface area contributed by atoms with E-state index in [-0.39, 0.29) is 10.6 Å². The summed E-state index contributed by atoms with van der Waals surface area (Å²) < 4.78 is 35.5. The first-order valence-corrected chi connectivity index (χ1v) is 7.49. The van der Waals surface area contributed by atoms with Crippen LogP contribution >= 0.6 is 0 Å². The Bertz CT molecular complexity index is 742. The number of hydrogen-bond donors (Lipinski definition) is 1. The molecule has 1 aromatic heterocycles. The third kappa shape index (κ3) is 3.39. The molecule has 0 aliphatic carbocycles. The number of benzene rings is 1. The number of hydrogen-bond acceptors (Lipinski definition) is 4. The van der Waals surface area contributed by atoms with Crippen LogP contribution in [0.3, 0.4) is 0 Å². The molecule has 0 unspecified atom stereocenters. The molecule has 0 aliphatic rings. The molecule has 0 bridgehead atoms. The van der Waals surface area contributed by atoms with Crippen LogP contribution in [0.2, 0.25) is 0 Å². The zero-order valence-corrected chi connectivity index (χ0v) is 11.3. The van der Waals surface area contributed by atoms with Crippen LogP contribution in [0.25, 0.3) is 0 Å². The molecule has 0 spiro atoms. The third-order valence-electron chi connectivity index (χ3n) is 2.49. The number of pyridine rings is 1. The lowest BCUT2D eigenvalue weighted by molar-refractivity contribution is 0.102. The normalized spacial score (nSPS) is 11.1. The zero-order valence-electron chi connectivity index (χ0n) is 10.5. The van der Waals surface area contributed by atoms with Gasteiger partial charge in [-0.1, -0.05) is 6.07 Å². The predicted octanol–water partition coefficient (Wildman–Crippen LogP) is 1.88. The molecule has 5 nitrogen and oxygen atoms in total. The van der Waals surface area contributed by atoms with E-state index in [0.717, 1.165) is 12.3 Å². The van der Waals surface area contributed by atoms with Crippen LogP contribution in [0.5, 0.6) is 0 Å². The lowest BCUT2D eigenvalue weighted by atomic mass is 10.3. The van der Waals surface area contributed by atoms with Crippen LogP contribution in [0.4, 0.5) is 10.1 Å². The molecular weight excluding hydrogens is 283 g/mol. The van der Waals surface area contributed by atoms with Gasteiger partial charge in [-0.2, -0.15) is 4.39 Å². The van der Waals surface area contributed by atoms with Crippen molar-refractivity contribution in [1.29, 1.82) is 0 Å². The summed E-state index contributed by atoms with van der Waals surface area (Å²) in [7, 11) is -3.28. The fourth-order valence-corrected chi connectivity index (χ4v) is 2.15. The smallest absolute Gasteiger partial charge is 0.274 e.